The van der Waals surface area contributed by atoms with Gasteiger partial charge in [-0.15, -0.1) is 0 Å². The van der Waals surface area contributed by atoms with Crippen LogP contribution in [0.2, 0.25) is 0 Å². The van der Waals surface area contributed by atoms with Crippen LogP contribution >= 0.6 is 0 Å². The first-order valence-corrected chi connectivity index (χ1v) is 16.8. The van der Waals surface area contributed by atoms with E-state index in [1.54, 1.807) is 0 Å². The normalized spacial score (nSPS) is 11.4. The lowest BCUT2D eigenvalue weighted by Gasteiger charge is -2.09. The first-order chi connectivity index (χ1) is 22.8. The molecule has 46 heavy (non-hydrogen) atoms. The minimum absolute atomic E-state index is 0.258. The van der Waals surface area contributed by atoms with Crippen LogP contribution in [0.3, 0.4) is 0 Å². The molecule has 0 unspecified atom stereocenters. The molecule has 0 N–H and O–H groups in total. The summed E-state index contributed by atoms with van der Waals surface area (Å²) in [5, 5.41) is 0. The summed E-state index contributed by atoms with van der Waals surface area (Å²) in [4.78, 5) is 10.6. The molecule has 0 aliphatic rings. The molecule has 0 aromatic rings. The summed E-state index contributed by atoms with van der Waals surface area (Å²) < 4.78 is 70.1. The van der Waals surface area contributed by atoms with Gasteiger partial charge in [0.2, 0.25) is 0 Å². The molecule has 0 bridgehead atoms. The summed E-state index contributed by atoms with van der Waals surface area (Å²) in [6.07, 6.45) is 4.88. The standard InChI is InChI=1S/C32H64O14/c1-3-4-5-6-7-34-8-9-35-10-11-36-12-13-37-14-15-38-16-17-39-18-19-40-20-21-41-22-23-42-24-25-43-26-27-44-28-29-45-30-31-46-32(2)33/h3-31H2,1-2H3. The highest BCUT2D eigenvalue weighted by Crippen LogP contribution is 1.98. The van der Waals surface area contributed by atoms with Gasteiger partial charge < -0.3 is 61.6 Å². The van der Waals surface area contributed by atoms with Crippen molar-refractivity contribution in [2.75, 3.05) is 165 Å². The molecule has 0 fully saturated rings. The van der Waals surface area contributed by atoms with Gasteiger partial charge in [0.05, 0.1) is 152 Å². The van der Waals surface area contributed by atoms with Crippen molar-refractivity contribution in [3.63, 3.8) is 0 Å². The molecule has 0 aromatic carbocycles. The Hall–Kier alpha value is -1.01. The Morgan fingerprint density at radius 2 is 0.522 bits per heavy atom. The second kappa shape index (κ2) is 42.0. The van der Waals surface area contributed by atoms with Crippen LogP contribution in [0.15, 0.2) is 0 Å². The molecule has 0 atom stereocenters. The Labute approximate surface area is 277 Å². The number of ether oxygens (including phenoxy) is 13. The summed E-state index contributed by atoms with van der Waals surface area (Å²) in [7, 11) is 0. The molecule has 0 radical (unpaired) electrons. The maximum Gasteiger partial charge on any atom is 0.302 e. The second-order valence-corrected chi connectivity index (χ2v) is 9.75. The van der Waals surface area contributed by atoms with Gasteiger partial charge >= 0.3 is 5.97 Å². The Morgan fingerprint density at radius 3 is 0.739 bits per heavy atom. The lowest BCUT2D eigenvalue weighted by atomic mass is 10.2. The van der Waals surface area contributed by atoms with Gasteiger partial charge in [0.25, 0.3) is 0 Å². The lowest BCUT2D eigenvalue weighted by Crippen LogP contribution is -2.15. The number of unbranched alkanes of at least 4 members (excludes halogenated alkanes) is 3. The van der Waals surface area contributed by atoms with Crippen LogP contribution in [-0.2, 0) is 66.4 Å². The fourth-order valence-corrected chi connectivity index (χ4v) is 3.40. The molecule has 0 heterocycles. The van der Waals surface area contributed by atoms with Crippen molar-refractivity contribution in [2.45, 2.75) is 39.5 Å². The summed E-state index contributed by atoms with van der Waals surface area (Å²) in [6, 6.07) is 0. The van der Waals surface area contributed by atoms with E-state index in [0.717, 1.165) is 13.0 Å². The van der Waals surface area contributed by atoms with Crippen molar-refractivity contribution in [3.8, 4) is 0 Å². The maximum atomic E-state index is 10.6. The van der Waals surface area contributed by atoms with Gasteiger partial charge in [0, 0.05) is 13.5 Å². The number of esters is 1. The van der Waals surface area contributed by atoms with E-state index in [9.17, 15) is 4.79 Å². The molecule has 0 aliphatic heterocycles. The number of hydrogen-bond donors (Lipinski definition) is 0. The Bertz CT molecular complexity index is 573. The zero-order valence-corrected chi connectivity index (χ0v) is 28.7. The lowest BCUT2D eigenvalue weighted by molar-refractivity contribution is -0.142. The number of rotatable bonds is 41. The molecular weight excluding hydrogens is 608 g/mol. The second-order valence-electron chi connectivity index (χ2n) is 9.75. The van der Waals surface area contributed by atoms with Gasteiger partial charge in [-0.25, -0.2) is 0 Å². The first kappa shape index (κ1) is 45.0. The third-order valence-corrected chi connectivity index (χ3v) is 5.77. The molecule has 0 rings (SSSR count). The zero-order chi connectivity index (χ0) is 33.3. The van der Waals surface area contributed by atoms with Crippen molar-refractivity contribution in [2.24, 2.45) is 0 Å². The van der Waals surface area contributed by atoms with Crippen molar-refractivity contribution in [3.05, 3.63) is 0 Å². The third kappa shape index (κ3) is 43.0. The minimum atomic E-state index is -0.311. The van der Waals surface area contributed by atoms with E-state index in [2.05, 4.69) is 6.92 Å². The fourth-order valence-electron chi connectivity index (χ4n) is 3.40. The number of carbonyl (C=O) groups excluding carboxylic acids is 1. The van der Waals surface area contributed by atoms with Crippen molar-refractivity contribution >= 4 is 5.97 Å². The van der Waals surface area contributed by atoms with E-state index in [4.69, 9.17) is 61.6 Å². The van der Waals surface area contributed by atoms with Crippen LogP contribution in [0.25, 0.3) is 0 Å². The van der Waals surface area contributed by atoms with E-state index in [-0.39, 0.29) is 12.6 Å². The molecule has 14 nitrogen and oxygen atoms in total. The average Bonchev–Trinajstić information content (AvgIpc) is 3.05. The maximum absolute atomic E-state index is 10.6. The van der Waals surface area contributed by atoms with Gasteiger partial charge in [0.15, 0.2) is 0 Å². The Morgan fingerprint density at radius 1 is 0.304 bits per heavy atom. The topological polar surface area (TPSA) is 137 Å². The molecule has 14 heteroatoms. The number of carbonyl (C=O) groups is 1. The summed E-state index contributed by atoms with van der Waals surface area (Å²) in [5.74, 6) is -0.311. The largest absolute Gasteiger partial charge is 0.463 e. The van der Waals surface area contributed by atoms with E-state index in [0.29, 0.717) is 152 Å². The predicted molar refractivity (Wildman–Crippen MR) is 171 cm³/mol. The van der Waals surface area contributed by atoms with Gasteiger partial charge in [-0.3, -0.25) is 4.79 Å². The van der Waals surface area contributed by atoms with Crippen LogP contribution in [-0.4, -0.2) is 171 Å². The third-order valence-electron chi connectivity index (χ3n) is 5.77. The SMILES string of the molecule is CCCCCCOCCOCCOCCOCCOCCOCCOCCOCCOCCOCCOCCOCCOC(C)=O. The highest BCUT2D eigenvalue weighted by Gasteiger charge is 1.97. The van der Waals surface area contributed by atoms with Gasteiger partial charge in [-0.05, 0) is 6.42 Å². The van der Waals surface area contributed by atoms with Crippen LogP contribution in [0.1, 0.15) is 39.5 Å². The van der Waals surface area contributed by atoms with E-state index in [1.165, 1.54) is 26.2 Å². The smallest absolute Gasteiger partial charge is 0.302 e. The molecule has 276 valence electrons. The van der Waals surface area contributed by atoms with Crippen LogP contribution in [0.5, 0.6) is 0 Å². The van der Waals surface area contributed by atoms with Gasteiger partial charge in [-0.1, -0.05) is 26.2 Å². The molecule has 0 aliphatic carbocycles. The quantitative estimate of drug-likeness (QED) is 0.0694. The van der Waals surface area contributed by atoms with Gasteiger partial charge in [0.1, 0.15) is 6.61 Å². The molecule has 0 spiro atoms. The molecule has 0 aromatic heterocycles. The average molecular weight is 673 g/mol. The Kier molecular flexibility index (Phi) is 41.1. The van der Waals surface area contributed by atoms with Crippen LogP contribution in [0, 0.1) is 0 Å². The monoisotopic (exact) mass is 672 g/mol. The van der Waals surface area contributed by atoms with E-state index < -0.39 is 0 Å². The molecule has 0 saturated carbocycles. The summed E-state index contributed by atoms with van der Waals surface area (Å²) in [5.41, 5.74) is 0. The minimum Gasteiger partial charge on any atom is -0.463 e. The van der Waals surface area contributed by atoms with E-state index >= 15 is 0 Å². The zero-order valence-electron chi connectivity index (χ0n) is 28.7. The molecular formula is C32H64O14. The molecule has 0 amide bonds. The van der Waals surface area contributed by atoms with Crippen LogP contribution in [0.4, 0.5) is 0 Å². The fraction of sp³-hybridized carbons (Fsp3) is 0.969. The summed E-state index contributed by atoms with van der Waals surface area (Å²) >= 11 is 0. The Balaban J connectivity index is 3.04. The van der Waals surface area contributed by atoms with Crippen molar-refractivity contribution < 1.29 is 66.4 Å². The number of hydrogen-bond acceptors (Lipinski definition) is 14. The van der Waals surface area contributed by atoms with Crippen LogP contribution < -0.4 is 0 Å². The summed E-state index contributed by atoms with van der Waals surface area (Å²) in [6.45, 7) is 16.4. The van der Waals surface area contributed by atoms with Gasteiger partial charge in [-0.2, -0.15) is 0 Å². The first-order valence-electron chi connectivity index (χ1n) is 16.8. The predicted octanol–water partition coefficient (Wildman–Crippen LogP) is 2.33. The highest BCUT2D eigenvalue weighted by molar-refractivity contribution is 5.65. The van der Waals surface area contributed by atoms with E-state index in [1.807, 2.05) is 0 Å². The van der Waals surface area contributed by atoms with Crippen molar-refractivity contribution in [1.82, 2.24) is 0 Å². The molecule has 0 saturated heterocycles. The van der Waals surface area contributed by atoms with Crippen molar-refractivity contribution in [1.29, 1.82) is 0 Å². The highest BCUT2D eigenvalue weighted by atomic mass is 16.6.